The van der Waals surface area contributed by atoms with Crippen molar-refractivity contribution in [3.8, 4) is 11.5 Å². The Bertz CT molecular complexity index is 490. The van der Waals surface area contributed by atoms with E-state index in [-0.39, 0.29) is 5.56 Å². The molecule has 0 aromatic heterocycles. The number of alkyl halides is 2. The van der Waals surface area contributed by atoms with Gasteiger partial charge >= 0.3 is 0 Å². The topological polar surface area (TPSA) is 44.5 Å². The second-order valence-electron chi connectivity index (χ2n) is 6.06. The van der Waals surface area contributed by atoms with E-state index in [4.69, 9.17) is 15.2 Å². The van der Waals surface area contributed by atoms with Crippen LogP contribution in [0.15, 0.2) is 12.1 Å². The maximum atomic E-state index is 13.8. The molecule has 1 aromatic carbocycles. The number of halogens is 2. The normalized spacial score (nSPS) is 15.9. The molecular weight excluding hydrogens is 264 g/mol. The number of benzene rings is 1. The van der Waals surface area contributed by atoms with Crippen molar-refractivity contribution in [2.45, 2.75) is 45.1 Å². The summed E-state index contributed by atoms with van der Waals surface area (Å²) in [6, 6.07) is 3.03. The Labute approximate surface area is 118 Å². The van der Waals surface area contributed by atoms with Gasteiger partial charge in [-0.2, -0.15) is 0 Å². The fraction of sp³-hybridized carbons (Fsp3) is 0.600. The van der Waals surface area contributed by atoms with E-state index in [1.165, 1.54) is 6.07 Å². The molecule has 0 fully saturated rings. The molecule has 0 aliphatic carbocycles. The van der Waals surface area contributed by atoms with Crippen LogP contribution >= 0.6 is 0 Å². The summed E-state index contributed by atoms with van der Waals surface area (Å²) in [5.74, 6) is -2.03. The molecule has 3 nitrogen and oxygen atoms in total. The van der Waals surface area contributed by atoms with Gasteiger partial charge in [0.25, 0.3) is 5.92 Å². The number of fused-ring (bicyclic) bond motifs is 1. The van der Waals surface area contributed by atoms with E-state index >= 15 is 0 Å². The summed E-state index contributed by atoms with van der Waals surface area (Å²) in [6.07, 6.45) is 1.09. The quantitative estimate of drug-likeness (QED) is 0.927. The van der Waals surface area contributed by atoms with Crippen molar-refractivity contribution in [2.75, 3.05) is 13.2 Å². The van der Waals surface area contributed by atoms with Gasteiger partial charge in [0.2, 0.25) is 0 Å². The van der Waals surface area contributed by atoms with Crippen LogP contribution in [0, 0.1) is 0 Å². The van der Waals surface area contributed by atoms with E-state index in [9.17, 15) is 8.78 Å². The van der Waals surface area contributed by atoms with Gasteiger partial charge in [0.15, 0.2) is 11.5 Å². The number of hydrogen-bond donors (Lipinski definition) is 1. The van der Waals surface area contributed by atoms with Crippen molar-refractivity contribution >= 4 is 0 Å². The Morgan fingerprint density at radius 1 is 1.10 bits per heavy atom. The van der Waals surface area contributed by atoms with Crippen LogP contribution < -0.4 is 15.2 Å². The zero-order chi connectivity index (χ0) is 15.0. The van der Waals surface area contributed by atoms with E-state index in [1.807, 2.05) is 13.8 Å². The maximum Gasteiger partial charge on any atom is 0.270 e. The van der Waals surface area contributed by atoms with Gasteiger partial charge in [0, 0.05) is 24.4 Å². The molecule has 1 aliphatic heterocycles. The van der Waals surface area contributed by atoms with Crippen LogP contribution in [-0.2, 0) is 12.3 Å². The summed E-state index contributed by atoms with van der Waals surface area (Å²) >= 11 is 0. The third-order valence-corrected chi connectivity index (χ3v) is 3.09. The molecule has 1 heterocycles. The minimum atomic E-state index is -2.94. The summed E-state index contributed by atoms with van der Waals surface area (Å²) in [7, 11) is 0. The SMILES string of the molecule is CC(C)(N)Cc1cc2c(cc1C(C)(F)F)OCCCO2. The van der Waals surface area contributed by atoms with Crippen LogP contribution in [0.4, 0.5) is 8.78 Å². The largest absolute Gasteiger partial charge is 0.490 e. The summed E-state index contributed by atoms with van der Waals surface area (Å²) in [6.45, 7) is 5.52. The van der Waals surface area contributed by atoms with E-state index < -0.39 is 11.5 Å². The van der Waals surface area contributed by atoms with Crippen LogP contribution in [0.5, 0.6) is 11.5 Å². The smallest absolute Gasteiger partial charge is 0.270 e. The van der Waals surface area contributed by atoms with Crippen LogP contribution in [-0.4, -0.2) is 18.8 Å². The molecule has 2 N–H and O–H groups in total. The Hall–Kier alpha value is -1.36. The molecule has 2 rings (SSSR count). The highest BCUT2D eigenvalue weighted by atomic mass is 19.3. The average molecular weight is 285 g/mol. The molecule has 5 heteroatoms. The maximum absolute atomic E-state index is 13.8. The second kappa shape index (κ2) is 5.20. The predicted octanol–water partition coefficient (Wildman–Crippen LogP) is 3.24. The Balaban J connectivity index is 2.50. The third-order valence-electron chi connectivity index (χ3n) is 3.09. The summed E-state index contributed by atoms with van der Waals surface area (Å²) < 4.78 is 38.7. The molecule has 0 atom stereocenters. The van der Waals surface area contributed by atoms with Crippen molar-refractivity contribution in [3.05, 3.63) is 23.3 Å². The van der Waals surface area contributed by atoms with Crippen molar-refractivity contribution < 1.29 is 18.3 Å². The van der Waals surface area contributed by atoms with Gasteiger partial charge in [-0.15, -0.1) is 0 Å². The first kappa shape index (κ1) is 15.0. The summed E-state index contributed by atoms with van der Waals surface area (Å²) in [4.78, 5) is 0. The van der Waals surface area contributed by atoms with E-state index in [0.29, 0.717) is 36.7 Å². The lowest BCUT2D eigenvalue weighted by Gasteiger charge is -2.24. The van der Waals surface area contributed by atoms with Gasteiger partial charge in [0.1, 0.15) is 0 Å². The fourth-order valence-electron chi connectivity index (χ4n) is 2.30. The van der Waals surface area contributed by atoms with Crippen molar-refractivity contribution in [1.82, 2.24) is 0 Å². The minimum absolute atomic E-state index is 0.0414. The average Bonchev–Trinajstić information content (AvgIpc) is 2.48. The van der Waals surface area contributed by atoms with E-state index in [0.717, 1.165) is 13.3 Å². The van der Waals surface area contributed by atoms with Gasteiger partial charge in [-0.1, -0.05) is 0 Å². The number of nitrogens with two attached hydrogens (primary N) is 1. The molecule has 20 heavy (non-hydrogen) atoms. The van der Waals surface area contributed by atoms with Crippen molar-refractivity contribution in [2.24, 2.45) is 5.73 Å². The standard InChI is InChI=1S/C15H21F2NO2/c1-14(2,18)9-10-7-12-13(20-6-4-5-19-12)8-11(10)15(3,16)17/h7-8H,4-6,9,18H2,1-3H3. The minimum Gasteiger partial charge on any atom is -0.490 e. The van der Waals surface area contributed by atoms with Gasteiger partial charge in [-0.25, -0.2) is 8.78 Å². The van der Waals surface area contributed by atoms with Gasteiger partial charge < -0.3 is 15.2 Å². The molecule has 0 saturated carbocycles. The van der Waals surface area contributed by atoms with Crippen LogP contribution in [0.2, 0.25) is 0 Å². The lowest BCUT2D eigenvalue weighted by atomic mass is 9.90. The first-order chi connectivity index (χ1) is 9.17. The summed E-state index contributed by atoms with van der Waals surface area (Å²) in [5.41, 5.74) is 5.87. The molecular formula is C15H21F2NO2. The second-order valence-corrected chi connectivity index (χ2v) is 6.06. The Morgan fingerprint density at radius 3 is 2.15 bits per heavy atom. The first-order valence-corrected chi connectivity index (χ1v) is 6.76. The zero-order valence-corrected chi connectivity index (χ0v) is 12.1. The van der Waals surface area contributed by atoms with Crippen LogP contribution in [0.25, 0.3) is 0 Å². The third kappa shape index (κ3) is 3.60. The van der Waals surface area contributed by atoms with Gasteiger partial charge in [-0.05, 0) is 38.0 Å². The number of rotatable bonds is 3. The molecule has 1 aliphatic rings. The molecule has 0 radical (unpaired) electrons. The molecule has 0 saturated heterocycles. The fourth-order valence-corrected chi connectivity index (χ4v) is 2.30. The number of hydrogen-bond acceptors (Lipinski definition) is 3. The highest BCUT2D eigenvalue weighted by molar-refractivity contribution is 5.49. The Kier molecular flexibility index (Phi) is 3.91. The zero-order valence-electron chi connectivity index (χ0n) is 12.1. The molecule has 1 aromatic rings. The Morgan fingerprint density at radius 2 is 1.65 bits per heavy atom. The van der Waals surface area contributed by atoms with Gasteiger partial charge in [0.05, 0.1) is 13.2 Å². The molecule has 0 bridgehead atoms. The van der Waals surface area contributed by atoms with E-state index in [1.54, 1.807) is 6.07 Å². The van der Waals surface area contributed by atoms with Crippen molar-refractivity contribution in [1.29, 1.82) is 0 Å². The lowest BCUT2D eigenvalue weighted by molar-refractivity contribution is 0.0161. The highest BCUT2D eigenvalue weighted by Gasteiger charge is 2.31. The van der Waals surface area contributed by atoms with Crippen molar-refractivity contribution in [3.63, 3.8) is 0 Å². The van der Waals surface area contributed by atoms with Gasteiger partial charge in [-0.3, -0.25) is 0 Å². The molecule has 0 amide bonds. The molecule has 0 spiro atoms. The monoisotopic (exact) mass is 285 g/mol. The lowest BCUT2D eigenvalue weighted by Crippen LogP contribution is -2.35. The molecule has 112 valence electrons. The van der Waals surface area contributed by atoms with E-state index in [2.05, 4.69) is 0 Å². The predicted molar refractivity (Wildman–Crippen MR) is 73.6 cm³/mol. The molecule has 0 unspecified atom stereocenters. The highest BCUT2D eigenvalue weighted by Crippen LogP contribution is 2.40. The summed E-state index contributed by atoms with van der Waals surface area (Å²) in [5, 5.41) is 0. The first-order valence-electron chi connectivity index (χ1n) is 6.76. The van der Waals surface area contributed by atoms with Crippen LogP contribution in [0.1, 0.15) is 38.3 Å². The van der Waals surface area contributed by atoms with Crippen LogP contribution in [0.3, 0.4) is 0 Å². The number of ether oxygens (including phenoxy) is 2.